The fourth-order valence-corrected chi connectivity index (χ4v) is 3.09. The van der Waals surface area contributed by atoms with Gasteiger partial charge in [0.2, 0.25) is 0 Å². The van der Waals surface area contributed by atoms with Crippen LogP contribution in [0.5, 0.6) is 5.75 Å². The molecule has 0 unspecified atom stereocenters. The van der Waals surface area contributed by atoms with Crippen LogP contribution in [-0.4, -0.2) is 57.1 Å². The molecule has 0 radical (unpaired) electrons. The fraction of sp³-hybridized carbons (Fsp3) is 0.222. The number of likely N-dealkylation sites (N-methyl/N-ethyl adjacent to an activating group) is 1. The first-order chi connectivity index (χ1) is 12.6. The van der Waals surface area contributed by atoms with E-state index in [1.54, 1.807) is 18.2 Å². The number of phenols is 1. The van der Waals surface area contributed by atoms with Gasteiger partial charge in [-0.05, 0) is 24.3 Å². The van der Waals surface area contributed by atoms with Gasteiger partial charge in [0.25, 0.3) is 0 Å². The van der Waals surface area contributed by atoms with Gasteiger partial charge in [-0.25, -0.2) is 0 Å². The molecule has 3 N–H and O–H groups in total. The molecule has 0 atom stereocenters. The van der Waals surface area contributed by atoms with Crippen LogP contribution < -0.4 is 5.32 Å². The topological polar surface area (TPSA) is 111 Å². The number of amides is 2. The Labute approximate surface area is 148 Å². The number of carbonyl (C=O) groups is 2. The van der Waals surface area contributed by atoms with Crippen molar-refractivity contribution < 1.29 is 14.7 Å². The Morgan fingerprint density at radius 2 is 2.00 bits per heavy atom. The van der Waals surface area contributed by atoms with E-state index in [2.05, 4.69) is 20.5 Å². The Hall–Kier alpha value is -3.42. The zero-order valence-corrected chi connectivity index (χ0v) is 14.1. The van der Waals surface area contributed by atoms with Crippen LogP contribution >= 0.6 is 0 Å². The highest BCUT2D eigenvalue weighted by Gasteiger charge is 2.35. The van der Waals surface area contributed by atoms with Crippen molar-refractivity contribution in [3.8, 4) is 17.0 Å². The number of hydrogen-bond acceptors (Lipinski definition) is 5. The smallest absolute Gasteiger partial charge is 0.311 e. The molecule has 1 aromatic carbocycles. The lowest BCUT2D eigenvalue weighted by Gasteiger charge is -2.38. The lowest BCUT2D eigenvalue weighted by molar-refractivity contribution is -0.148. The summed E-state index contributed by atoms with van der Waals surface area (Å²) in [6.07, 6.45) is 0. The lowest BCUT2D eigenvalue weighted by Crippen LogP contribution is -2.53. The molecule has 0 spiro atoms. The SMILES string of the molecule is CNC(=O)C(=O)N1CC(c2cc3cc(-c4ccccc4O)nnc3[nH]2)C1. The van der Waals surface area contributed by atoms with Gasteiger partial charge < -0.3 is 20.3 Å². The van der Waals surface area contributed by atoms with Gasteiger partial charge in [0.1, 0.15) is 5.75 Å². The van der Waals surface area contributed by atoms with Crippen molar-refractivity contribution in [3.05, 3.63) is 42.1 Å². The van der Waals surface area contributed by atoms with E-state index in [-0.39, 0.29) is 11.7 Å². The summed E-state index contributed by atoms with van der Waals surface area (Å²) >= 11 is 0. The predicted octanol–water partition coefficient (Wildman–Crippen LogP) is 1.00. The average Bonchev–Trinajstić information content (AvgIpc) is 3.02. The van der Waals surface area contributed by atoms with E-state index < -0.39 is 11.8 Å². The third kappa shape index (κ3) is 2.65. The third-order valence-corrected chi connectivity index (χ3v) is 4.61. The van der Waals surface area contributed by atoms with Crippen molar-refractivity contribution >= 4 is 22.8 Å². The van der Waals surface area contributed by atoms with Crippen LogP contribution in [0.3, 0.4) is 0 Å². The van der Waals surface area contributed by atoms with Crippen LogP contribution in [0.1, 0.15) is 11.6 Å². The number of nitrogens with zero attached hydrogens (tertiary/aromatic N) is 3. The molecule has 132 valence electrons. The largest absolute Gasteiger partial charge is 0.507 e. The van der Waals surface area contributed by atoms with Crippen LogP contribution in [0, 0.1) is 0 Å². The first kappa shape index (κ1) is 16.1. The van der Waals surface area contributed by atoms with Gasteiger partial charge in [-0.2, -0.15) is 0 Å². The minimum atomic E-state index is -0.599. The van der Waals surface area contributed by atoms with Crippen molar-refractivity contribution in [2.75, 3.05) is 20.1 Å². The van der Waals surface area contributed by atoms with Crippen molar-refractivity contribution in [1.82, 2.24) is 25.4 Å². The number of hydrogen-bond donors (Lipinski definition) is 3. The van der Waals surface area contributed by atoms with E-state index >= 15 is 0 Å². The van der Waals surface area contributed by atoms with E-state index in [4.69, 9.17) is 0 Å². The maximum absolute atomic E-state index is 11.8. The molecular weight excluding hydrogens is 334 g/mol. The van der Waals surface area contributed by atoms with Crippen molar-refractivity contribution in [3.63, 3.8) is 0 Å². The number of nitrogens with one attached hydrogen (secondary N) is 2. The summed E-state index contributed by atoms with van der Waals surface area (Å²) in [7, 11) is 1.44. The van der Waals surface area contributed by atoms with Gasteiger partial charge in [-0.3, -0.25) is 9.59 Å². The number of phenolic OH excluding ortho intramolecular Hbond substituents is 1. The number of aromatic amines is 1. The highest BCUT2D eigenvalue weighted by Crippen LogP contribution is 2.31. The second kappa shape index (κ2) is 6.14. The molecule has 0 bridgehead atoms. The number of aromatic nitrogens is 3. The fourth-order valence-electron chi connectivity index (χ4n) is 3.09. The number of rotatable bonds is 2. The summed E-state index contributed by atoms with van der Waals surface area (Å²) in [5.41, 5.74) is 2.81. The molecule has 1 aliphatic rings. The minimum absolute atomic E-state index is 0.131. The molecular formula is C18H17N5O3. The van der Waals surface area contributed by atoms with E-state index in [0.29, 0.717) is 30.0 Å². The Kier molecular flexibility index (Phi) is 3.80. The Morgan fingerprint density at radius 3 is 2.73 bits per heavy atom. The molecule has 3 aromatic rings. The second-order valence-electron chi connectivity index (χ2n) is 6.26. The Balaban J connectivity index is 1.55. The lowest BCUT2D eigenvalue weighted by atomic mass is 9.96. The maximum atomic E-state index is 11.8. The van der Waals surface area contributed by atoms with Gasteiger partial charge >= 0.3 is 11.8 Å². The first-order valence-corrected chi connectivity index (χ1v) is 8.22. The van der Waals surface area contributed by atoms with Crippen molar-refractivity contribution in [2.45, 2.75) is 5.92 Å². The number of H-pyrrole nitrogens is 1. The summed E-state index contributed by atoms with van der Waals surface area (Å²) in [4.78, 5) is 27.9. The number of likely N-dealkylation sites (tertiary alicyclic amines) is 1. The van der Waals surface area contributed by atoms with Gasteiger partial charge in [0, 0.05) is 42.7 Å². The van der Waals surface area contributed by atoms with Crippen LogP contribution in [0.15, 0.2) is 36.4 Å². The van der Waals surface area contributed by atoms with E-state index in [1.807, 2.05) is 18.2 Å². The van der Waals surface area contributed by atoms with Crippen LogP contribution in [-0.2, 0) is 9.59 Å². The number of fused-ring (bicyclic) bond motifs is 1. The standard InChI is InChI=1S/C18H17N5O3/c1-19-17(25)18(26)23-8-11(9-23)13-6-10-7-14(21-22-16(10)20-13)12-4-2-3-5-15(12)24/h2-7,11,24H,8-9H2,1H3,(H,19,25)(H,20,22). The second-order valence-corrected chi connectivity index (χ2v) is 6.26. The summed E-state index contributed by atoms with van der Waals surface area (Å²) in [5, 5.41) is 21.6. The van der Waals surface area contributed by atoms with Gasteiger partial charge in [0.05, 0.1) is 5.69 Å². The number of para-hydroxylation sites is 1. The Morgan fingerprint density at radius 1 is 1.23 bits per heavy atom. The first-order valence-electron chi connectivity index (χ1n) is 8.22. The Bertz CT molecular complexity index is 1010. The van der Waals surface area contributed by atoms with Crippen molar-refractivity contribution in [2.24, 2.45) is 0 Å². The minimum Gasteiger partial charge on any atom is -0.507 e. The van der Waals surface area contributed by atoms with E-state index in [0.717, 1.165) is 11.1 Å². The molecule has 1 saturated heterocycles. The molecule has 0 saturated carbocycles. The highest BCUT2D eigenvalue weighted by molar-refractivity contribution is 6.35. The maximum Gasteiger partial charge on any atom is 0.311 e. The van der Waals surface area contributed by atoms with Gasteiger partial charge in [0.15, 0.2) is 5.65 Å². The van der Waals surface area contributed by atoms with Gasteiger partial charge in [-0.15, -0.1) is 10.2 Å². The molecule has 26 heavy (non-hydrogen) atoms. The molecule has 4 rings (SSSR count). The number of benzene rings is 1. The molecule has 0 aliphatic carbocycles. The quantitative estimate of drug-likeness (QED) is 0.597. The van der Waals surface area contributed by atoms with E-state index in [9.17, 15) is 14.7 Å². The number of carbonyl (C=O) groups excluding carboxylic acids is 2. The summed E-state index contributed by atoms with van der Waals surface area (Å²) in [6, 6.07) is 10.8. The zero-order chi connectivity index (χ0) is 18.3. The average molecular weight is 351 g/mol. The highest BCUT2D eigenvalue weighted by atomic mass is 16.3. The molecule has 1 fully saturated rings. The number of aromatic hydroxyl groups is 1. The molecule has 2 amide bonds. The van der Waals surface area contributed by atoms with Crippen LogP contribution in [0.4, 0.5) is 0 Å². The predicted molar refractivity (Wildman–Crippen MR) is 94.4 cm³/mol. The van der Waals surface area contributed by atoms with Crippen LogP contribution in [0.25, 0.3) is 22.3 Å². The molecule has 8 nitrogen and oxygen atoms in total. The molecule has 2 aromatic heterocycles. The van der Waals surface area contributed by atoms with Crippen LogP contribution in [0.2, 0.25) is 0 Å². The monoisotopic (exact) mass is 351 g/mol. The molecule has 3 heterocycles. The van der Waals surface area contributed by atoms with Gasteiger partial charge in [-0.1, -0.05) is 12.1 Å². The zero-order valence-electron chi connectivity index (χ0n) is 14.1. The summed E-state index contributed by atoms with van der Waals surface area (Å²) < 4.78 is 0. The molecule has 1 aliphatic heterocycles. The summed E-state index contributed by atoms with van der Waals surface area (Å²) in [5.74, 6) is -0.828. The van der Waals surface area contributed by atoms with E-state index in [1.165, 1.54) is 11.9 Å². The normalized spacial score (nSPS) is 14.3. The van der Waals surface area contributed by atoms with Crippen molar-refractivity contribution in [1.29, 1.82) is 0 Å². The molecule has 8 heteroatoms. The third-order valence-electron chi connectivity index (χ3n) is 4.61. The summed E-state index contributed by atoms with van der Waals surface area (Å²) in [6.45, 7) is 0.970.